The number of nitro groups is 1. The van der Waals surface area contributed by atoms with E-state index in [0.717, 1.165) is 12.2 Å². The first kappa shape index (κ1) is 13.5. The second kappa shape index (κ2) is 5.84. The van der Waals surface area contributed by atoms with Gasteiger partial charge in [-0.15, -0.1) is 0 Å². The van der Waals surface area contributed by atoms with Gasteiger partial charge in [-0.25, -0.2) is 4.98 Å². The highest BCUT2D eigenvalue weighted by atomic mass is 16.6. The van der Waals surface area contributed by atoms with Crippen LogP contribution in [-0.2, 0) is 13.1 Å². The third-order valence-corrected chi connectivity index (χ3v) is 2.92. The van der Waals surface area contributed by atoms with E-state index in [4.69, 9.17) is 5.26 Å². The number of benzene rings is 1. The number of nitriles is 1. The van der Waals surface area contributed by atoms with E-state index in [1.54, 1.807) is 24.7 Å². The molecule has 0 fully saturated rings. The second-order valence-electron chi connectivity index (χ2n) is 4.13. The number of nitrogens with zero attached hydrogens (tertiary/aromatic N) is 4. The molecule has 1 aromatic heterocycles. The van der Waals surface area contributed by atoms with Gasteiger partial charge in [0.05, 0.1) is 35.1 Å². The Morgan fingerprint density at radius 3 is 3.00 bits per heavy atom. The van der Waals surface area contributed by atoms with Crippen molar-refractivity contribution in [1.29, 1.82) is 5.26 Å². The third kappa shape index (κ3) is 2.75. The van der Waals surface area contributed by atoms with Crippen molar-refractivity contribution >= 4 is 11.4 Å². The van der Waals surface area contributed by atoms with Crippen LogP contribution in [0.5, 0.6) is 0 Å². The molecule has 0 bridgehead atoms. The quantitative estimate of drug-likeness (QED) is 0.664. The summed E-state index contributed by atoms with van der Waals surface area (Å²) in [5.74, 6) is 0. The van der Waals surface area contributed by atoms with Gasteiger partial charge in [-0.1, -0.05) is 0 Å². The number of aryl methyl sites for hydroxylation is 1. The number of rotatable bonds is 5. The lowest BCUT2D eigenvalue weighted by Gasteiger charge is -2.09. The maximum absolute atomic E-state index is 11.0. The van der Waals surface area contributed by atoms with Crippen LogP contribution < -0.4 is 5.32 Å². The van der Waals surface area contributed by atoms with Gasteiger partial charge < -0.3 is 9.88 Å². The van der Waals surface area contributed by atoms with Gasteiger partial charge in [0.2, 0.25) is 0 Å². The number of nitrogens with one attached hydrogen (secondary N) is 1. The summed E-state index contributed by atoms with van der Waals surface area (Å²) in [5.41, 5.74) is 1.48. The van der Waals surface area contributed by atoms with Crippen LogP contribution in [0.4, 0.5) is 11.4 Å². The van der Waals surface area contributed by atoms with Gasteiger partial charge in [0.25, 0.3) is 5.69 Å². The Hall–Kier alpha value is -2.88. The minimum Gasteiger partial charge on any atom is -0.374 e. The molecule has 7 nitrogen and oxygen atoms in total. The van der Waals surface area contributed by atoms with Crippen molar-refractivity contribution in [2.24, 2.45) is 0 Å². The molecule has 0 aliphatic carbocycles. The standard InChI is InChI=1S/C13H13N5O2/c1-2-17-9-15-7-11(17)8-16-12-4-3-10(6-14)5-13(12)18(19)20/h3-5,7,9,16H,2,8H2,1H3. The van der Waals surface area contributed by atoms with E-state index < -0.39 is 4.92 Å². The van der Waals surface area contributed by atoms with Crippen LogP contribution in [0.15, 0.2) is 30.7 Å². The van der Waals surface area contributed by atoms with Crippen molar-refractivity contribution in [2.45, 2.75) is 20.0 Å². The van der Waals surface area contributed by atoms with Crippen LogP contribution >= 0.6 is 0 Å². The fraction of sp³-hybridized carbons (Fsp3) is 0.231. The van der Waals surface area contributed by atoms with Gasteiger partial charge in [0.15, 0.2) is 0 Å². The highest BCUT2D eigenvalue weighted by Crippen LogP contribution is 2.25. The molecule has 7 heteroatoms. The van der Waals surface area contributed by atoms with Crippen molar-refractivity contribution in [3.8, 4) is 6.07 Å². The van der Waals surface area contributed by atoms with Crippen LogP contribution in [0, 0.1) is 21.4 Å². The molecule has 0 atom stereocenters. The number of hydrogen-bond acceptors (Lipinski definition) is 5. The minimum atomic E-state index is -0.500. The molecular weight excluding hydrogens is 258 g/mol. The van der Waals surface area contributed by atoms with Gasteiger partial charge in [0, 0.05) is 18.8 Å². The number of imidazole rings is 1. The van der Waals surface area contributed by atoms with Crippen LogP contribution in [0.1, 0.15) is 18.2 Å². The number of aromatic nitrogens is 2. The summed E-state index contributed by atoms with van der Waals surface area (Å²) in [5, 5.41) is 22.8. The van der Waals surface area contributed by atoms with Crippen molar-refractivity contribution in [3.05, 3.63) is 52.1 Å². The molecule has 2 aromatic rings. The second-order valence-corrected chi connectivity index (χ2v) is 4.13. The Labute approximate surface area is 115 Å². The largest absolute Gasteiger partial charge is 0.374 e. The van der Waals surface area contributed by atoms with Crippen molar-refractivity contribution < 1.29 is 4.92 Å². The van der Waals surface area contributed by atoms with E-state index >= 15 is 0 Å². The van der Waals surface area contributed by atoms with Crippen LogP contribution in [0.2, 0.25) is 0 Å². The van der Waals surface area contributed by atoms with Crippen LogP contribution in [-0.4, -0.2) is 14.5 Å². The Morgan fingerprint density at radius 2 is 2.35 bits per heavy atom. The summed E-state index contributed by atoms with van der Waals surface area (Å²) in [6.07, 6.45) is 3.43. The zero-order valence-electron chi connectivity index (χ0n) is 10.9. The Kier molecular flexibility index (Phi) is 3.96. The fourth-order valence-corrected chi connectivity index (χ4v) is 1.87. The van der Waals surface area contributed by atoms with Gasteiger partial charge in [0.1, 0.15) is 5.69 Å². The Balaban J connectivity index is 2.21. The average Bonchev–Trinajstić information content (AvgIpc) is 2.92. The monoisotopic (exact) mass is 271 g/mol. The molecule has 20 heavy (non-hydrogen) atoms. The van der Waals surface area contributed by atoms with E-state index in [2.05, 4.69) is 10.3 Å². The molecule has 2 rings (SSSR count). The lowest BCUT2D eigenvalue weighted by molar-refractivity contribution is -0.384. The SMILES string of the molecule is CCn1cncc1CNc1ccc(C#N)cc1[N+](=O)[O-]. The molecule has 102 valence electrons. The highest BCUT2D eigenvalue weighted by Gasteiger charge is 2.14. The van der Waals surface area contributed by atoms with Crippen molar-refractivity contribution in [1.82, 2.24) is 9.55 Å². The van der Waals surface area contributed by atoms with Gasteiger partial charge in [-0.2, -0.15) is 5.26 Å². The number of hydrogen-bond donors (Lipinski definition) is 1. The molecule has 1 heterocycles. The first-order valence-electron chi connectivity index (χ1n) is 6.07. The summed E-state index contributed by atoms with van der Waals surface area (Å²) in [7, 11) is 0. The molecule has 0 amide bonds. The normalized spacial score (nSPS) is 10.0. The summed E-state index contributed by atoms with van der Waals surface area (Å²) in [6, 6.07) is 6.25. The molecule has 0 spiro atoms. The van der Waals surface area contributed by atoms with E-state index in [9.17, 15) is 10.1 Å². The topological polar surface area (TPSA) is 96.8 Å². The molecule has 0 radical (unpaired) electrons. The number of nitro benzene ring substituents is 1. The zero-order valence-corrected chi connectivity index (χ0v) is 10.9. The smallest absolute Gasteiger partial charge is 0.293 e. The highest BCUT2D eigenvalue weighted by molar-refractivity contribution is 5.64. The van der Waals surface area contributed by atoms with E-state index in [0.29, 0.717) is 12.2 Å². The van der Waals surface area contributed by atoms with Crippen LogP contribution in [0.25, 0.3) is 0 Å². The van der Waals surface area contributed by atoms with Crippen molar-refractivity contribution in [2.75, 3.05) is 5.32 Å². The fourth-order valence-electron chi connectivity index (χ4n) is 1.87. The molecule has 1 aromatic carbocycles. The summed E-state index contributed by atoms with van der Waals surface area (Å²) >= 11 is 0. The minimum absolute atomic E-state index is 0.105. The average molecular weight is 271 g/mol. The van der Waals surface area contributed by atoms with Gasteiger partial charge in [-0.3, -0.25) is 10.1 Å². The molecule has 0 aliphatic rings. The molecule has 1 N–H and O–H groups in total. The van der Waals surface area contributed by atoms with Crippen LogP contribution in [0.3, 0.4) is 0 Å². The maximum Gasteiger partial charge on any atom is 0.293 e. The lowest BCUT2D eigenvalue weighted by atomic mass is 10.2. The van der Waals surface area contributed by atoms with Crippen molar-refractivity contribution in [3.63, 3.8) is 0 Å². The Morgan fingerprint density at radius 1 is 1.55 bits per heavy atom. The summed E-state index contributed by atoms with van der Waals surface area (Å²) in [4.78, 5) is 14.5. The zero-order chi connectivity index (χ0) is 14.5. The van der Waals surface area contributed by atoms with E-state index in [-0.39, 0.29) is 11.3 Å². The molecular formula is C13H13N5O2. The predicted molar refractivity (Wildman–Crippen MR) is 73.0 cm³/mol. The molecule has 0 saturated carbocycles. The predicted octanol–water partition coefficient (Wildman–Crippen LogP) is 2.29. The van der Waals surface area contributed by atoms with Gasteiger partial charge in [-0.05, 0) is 19.1 Å². The van der Waals surface area contributed by atoms with E-state index in [1.807, 2.05) is 17.6 Å². The Bertz CT molecular complexity index is 672. The maximum atomic E-state index is 11.0. The first-order valence-corrected chi connectivity index (χ1v) is 6.07. The molecule has 0 unspecified atom stereocenters. The number of anilines is 1. The lowest BCUT2D eigenvalue weighted by Crippen LogP contribution is -2.07. The van der Waals surface area contributed by atoms with E-state index in [1.165, 1.54) is 6.07 Å². The molecule has 0 aliphatic heterocycles. The third-order valence-electron chi connectivity index (χ3n) is 2.92. The summed E-state index contributed by atoms with van der Waals surface area (Å²) < 4.78 is 1.95. The first-order chi connectivity index (χ1) is 9.65. The van der Waals surface area contributed by atoms with Gasteiger partial charge >= 0.3 is 0 Å². The molecule has 0 saturated heterocycles. The summed E-state index contributed by atoms with van der Waals surface area (Å²) in [6.45, 7) is 3.21.